The van der Waals surface area contributed by atoms with Crippen LogP contribution in [0.5, 0.6) is 0 Å². The number of carbonyl (C=O) groups excluding carboxylic acids is 2. The predicted octanol–water partition coefficient (Wildman–Crippen LogP) is 5.94. The lowest BCUT2D eigenvalue weighted by Crippen LogP contribution is -2.30. The molecule has 0 heterocycles. The Morgan fingerprint density at radius 1 is 1.03 bits per heavy atom. The Balaban J connectivity index is 0.000000709. The van der Waals surface area contributed by atoms with Crippen molar-refractivity contribution >= 4 is 30.0 Å². The SMILES string of the molecule is CC(=O)CCC(C)C.CCCC.NC(=O)c1ccc(NCC(N)CS)cc1-c1ccccc1. The molecule has 0 aliphatic carbocycles. The van der Waals surface area contributed by atoms with Crippen molar-refractivity contribution in [2.75, 3.05) is 17.6 Å². The Hall–Kier alpha value is -2.31. The van der Waals surface area contributed by atoms with Crippen molar-refractivity contribution in [3.63, 3.8) is 0 Å². The maximum Gasteiger partial charge on any atom is 0.249 e. The number of hydrogen-bond acceptors (Lipinski definition) is 5. The summed E-state index contributed by atoms with van der Waals surface area (Å²) in [7, 11) is 0. The third kappa shape index (κ3) is 14.5. The molecule has 0 radical (unpaired) electrons. The van der Waals surface area contributed by atoms with Crippen molar-refractivity contribution in [1.29, 1.82) is 0 Å². The smallest absolute Gasteiger partial charge is 0.249 e. The van der Waals surface area contributed by atoms with Crippen molar-refractivity contribution in [2.24, 2.45) is 17.4 Å². The fraction of sp³-hybridized carbons (Fsp3) is 0.481. The van der Waals surface area contributed by atoms with Crippen LogP contribution in [0.4, 0.5) is 5.69 Å². The van der Waals surface area contributed by atoms with E-state index in [1.165, 1.54) is 12.8 Å². The number of hydrogen-bond donors (Lipinski definition) is 4. The molecule has 5 N–H and O–H groups in total. The van der Waals surface area contributed by atoms with Gasteiger partial charge in [0.05, 0.1) is 0 Å². The Morgan fingerprint density at radius 3 is 2.06 bits per heavy atom. The second-order valence-electron chi connectivity index (χ2n) is 8.45. The first kappa shape index (κ1) is 30.7. The van der Waals surface area contributed by atoms with E-state index >= 15 is 0 Å². The summed E-state index contributed by atoms with van der Waals surface area (Å²) in [5.74, 6) is 1.14. The second-order valence-corrected chi connectivity index (χ2v) is 8.81. The maximum atomic E-state index is 11.6. The molecule has 184 valence electrons. The van der Waals surface area contributed by atoms with E-state index in [1.807, 2.05) is 42.5 Å². The Morgan fingerprint density at radius 2 is 1.64 bits per heavy atom. The molecule has 0 aliphatic rings. The minimum atomic E-state index is -0.438. The molecule has 6 heteroatoms. The van der Waals surface area contributed by atoms with Gasteiger partial charge >= 0.3 is 0 Å². The van der Waals surface area contributed by atoms with E-state index < -0.39 is 5.91 Å². The van der Waals surface area contributed by atoms with E-state index in [4.69, 9.17) is 11.5 Å². The summed E-state index contributed by atoms with van der Waals surface area (Å²) in [5, 5.41) is 3.25. The first-order chi connectivity index (χ1) is 15.7. The number of ketones is 1. The van der Waals surface area contributed by atoms with Gasteiger partial charge in [-0.1, -0.05) is 70.9 Å². The monoisotopic (exact) mass is 473 g/mol. The van der Waals surface area contributed by atoms with Gasteiger partial charge in [-0.25, -0.2) is 0 Å². The molecule has 2 aromatic rings. The third-order valence-electron chi connectivity index (χ3n) is 4.75. The average molecular weight is 474 g/mol. The molecule has 5 nitrogen and oxygen atoms in total. The van der Waals surface area contributed by atoms with Crippen molar-refractivity contribution in [3.8, 4) is 11.1 Å². The molecular weight excluding hydrogens is 430 g/mol. The molecule has 0 aliphatic heterocycles. The van der Waals surface area contributed by atoms with Gasteiger partial charge in [0.15, 0.2) is 0 Å². The number of nitrogens with one attached hydrogen (secondary N) is 1. The normalized spacial score (nSPS) is 10.9. The van der Waals surface area contributed by atoms with Crippen LogP contribution in [0.3, 0.4) is 0 Å². The number of anilines is 1. The molecule has 2 rings (SSSR count). The lowest BCUT2D eigenvalue weighted by Gasteiger charge is -2.14. The van der Waals surface area contributed by atoms with E-state index in [0.717, 1.165) is 29.7 Å². The van der Waals surface area contributed by atoms with E-state index in [0.29, 0.717) is 29.6 Å². The zero-order valence-electron chi connectivity index (χ0n) is 20.9. The predicted molar refractivity (Wildman–Crippen MR) is 146 cm³/mol. The van der Waals surface area contributed by atoms with Crippen LogP contribution in [0.2, 0.25) is 0 Å². The fourth-order valence-electron chi connectivity index (χ4n) is 2.53. The van der Waals surface area contributed by atoms with Gasteiger partial charge in [0.25, 0.3) is 0 Å². The third-order valence-corrected chi connectivity index (χ3v) is 5.22. The highest BCUT2D eigenvalue weighted by Gasteiger charge is 2.11. The highest BCUT2D eigenvalue weighted by Crippen LogP contribution is 2.26. The average Bonchev–Trinajstić information content (AvgIpc) is 2.82. The molecule has 0 saturated heterocycles. The lowest BCUT2D eigenvalue weighted by atomic mass is 9.98. The van der Waals surface area contributed by atoms with Crippen molar-refractivity contribution in [1.82, 2.24) is 0 Å². The van der Waals surface area contributed by atoms with Gasteiger partial charge < -0.3 is 21.6 Å². The minimum Gasteiger partial charge on any atom is -0.383 e. The van der Waals surface area contributed by atoms with Crippen LogP contribution in [0.15, 0.2) is 48.5 Å². The summed E-state index contributed by atoms with van der Waals surface area (Å²) < 4.78 is 0. The first-order valence-electron chi connectivity index (χ1n) is 11.7. The van der Waals surface area contributed by atoms with Crippen molar-refractivity contribution in [3.05, 3.63) is 54.1 Å². The molecule has 1 unspecified atom stereocenters. The van der Waals surface area contributed by atoms with E-state index in [1.54, 1.807) is 13.0 Å². The lowest BCUT2D eigenvalue weighted by molar-refractivity contribution is -0.117. The van der Waals surface area contributed by atoms with E-state index in [9.17, 15) is 9.59 Å². The molecule has 2 aromatic carbocycles. The van der Waals surface area contributed by atoms with Crippen LogP contribution >= 0.6 is 12.6 Å². The van der Waals surface area contributed by atoms with E-state index in [2.05, 4.69) is 45.6 Å². The number of thiol groups is 1. The summed E-state index contributed by atoms with van der Waals surface area (Å²) in [6, 6.07) is 15.1. The summed E-state index contributed by atoms with van der Waals surface area (Å²) in [4.78, 5) is 21.9. The van der Waals surface area contributed by atoms with Gasteiger partial charge in [0, 0.05) is 36.0 Å². The highest BCUT2D eigenvalue weighted by molar-refractivity contribution is 7.80. The van der Waals surface area contributed by atoms with Gasteiger partial charge in [-0.15, -0.1) is 0 Å². The number of unbranched alkanes of at least 4 members (excludes halogenated alkanes) is 1. The topological polar surface area (TPSA) is 98.2 Å². The minimum absolute atomic E-state index is 0.0238. The van der Waals surface area contributed by atoms with Gasteiger partial charge in [-0.2, -0.15) is 12.6 Å². The number of primary amides is 1. The summed E-state index contributed by atoms with van der Waals surface area (Å²) in [6.45, 7) is 10.9. The van der Waals surface area contributed by atoms with Crippen LogP contribution in [0, 0.1) is 5.92 Å². The Kier molecular flexibility index (Phi) is 16.9. The highest BCUT2D eigenvalue weighted by atomic mass is 32.1. The van der Waals surface area contributed by atoms with Gasteiger partial charge in [0.1, 0.15) is 5.78 Å². The van der Waals surface area contributed by atoms with Crippen LogP contribution in [-0.4, -0.2) is 30.0 Å². The van der Waals surface area contributed by atoms with Gasteiger partial charge in [0.2, 0.25) is 5.91 Å². The standard InChI is InChI=1S/C16H19N3OS.C7H14O.C4H10/c17-12(10-21)9-19-13-6-7-14(16(18)20)15(8-13)11-4-2-1-3-5-11;1-6(2)4-5-7(3)8;1-3-4-2/h1-8,12,19,21H,9-10,17H2,(H2,18,20);6H,4-5H2,1-3H3;3-4H2,1-2H3. The Labute approximate surface area is 206 Å². The molecule has 0 bridgehead atoms. The summed E-state index contributed by atoms with van der Waals surface area (Å²) >= 11 is 4.16. The number of carbonyl (C=O) groups is 2. The number of Topliss-reactive ketones (excluding diaryl/α,β-unsaturated/α-hetero) is 1. The molecule has 1 amide bonds. The van der Waals surface area contributed by atoms with E-state index in [-0.39, 0.29) is 6.04 Å². The quantitative estimate of drug-likeness (QED) is 0.321. The zero-order chi connectivity index (χ0) is 25.2. The summed E-state index contributed by atoms with van der Waals surface area (Å²) in [5.41, 5.74) is 14.5. The molecule has 0 spiro atoms. The van der Waals surface area contributed by atoms with Crippen molar-refractivity contribution < 1.29 is 9.59 Å². The number of amides is 1. The van der Waals surface area contributed by atoms with Crippen molar-refractivity contribution in [2.45, 2.75) is 66.3 Å². The molecule has 33 heavy (non-hydrogen) atoms. The number of benzene rings is 2. The largest absolute Gasteiger partial charge is 0.383 e. The Bertz CT molecular complexity index is 808. The van der Waals surface area contributed by atoms with Crippen LogP contribution in [0.25, 0.3) is 11.1 Å². The molecule has 0 fully saturated rings. The summed E-state index contributed by atoms with van der Waals surface area (Å²) in [6.07, 6.45) is 4.42. The molecule has 0 saturated carbocycles. The van der Waals surface area contributed by atoms with Gasteiger partial charge in [-0.3, -0.25) is 4.79 Å². The fourth-order valence-corrected chi connectivity index (χ4v) is 2.66. The van der Waals surface area contributed by atoms with Gasteiger partial charge in [-0.05, 0) is 48.6 Å². The van der Waals surface area contributed by atoms with Crippen LogP contribution in [0.1, 0.15) is 70.7 Å². The first-order valence-corrected chi connectivity index (χ1v) is 12.4. The molecular formula is C27H43N3O2S. The second kappa shape index (κ2) is 18.2. The zero-order valence-corrected chi connectivity index (χ0v) is 21.8. The molecule has 0 aromatic heterocycles. The number of rotatable bonds is 10. The molecule has 1 atom stereocenters. The number of nitrogens with two attached hydrogens (primary N) is 2. The maximum absolute atomic E-state index is 11.6. The van der Waals surface area contributed by atoms with Crippen LogP contribution < -0.4 is 16.8 Å². The van der Waals surface area contributed by atoms with Crippen LogP contribution in [-0.2, 0) is 4.79 Å².